The lowest BCUT2D eigenvalue weighted by Crippen LogP contribution is -2.55. The fraction of sp³-hybridized carbons (Fsp3) is 0.450. The lowest BCUT2D eigenvalue weighted by Gasteiger charge is -2.29. The third-order valence-corrected chi connectivity index (χ3v) is 4.61. The van der Waals surface area contributed by atoms with E-state index in [0.717, 1.165) is 16.5 Å². The Hall–Kier alpha value is -2.83. The number of methoxy groups -OCH3 is 2. The molecular weight excluding hydrogens is 348 g/mol. The minimum atomic E-state index is -1.27. The summed E-state index contributed by atoms with van der Waals surface area (Å²) in [6.45, 7) is 4.85. The second-order valence-electron chi connectivity index (χ2n) is 7.46. The van der Waals surface area contributed by atoms with Gasteiger partial charge in [0.25, 0.3) is 0 Å². The smallest absolute Gasteiger partial charge is 0.331 e. The van der Waals surface area contributed by atoms with Gasteiger partial charge < -0.3 is 19.8 Å². The number of aromatic nitrogens is 1. The van der Waals surface area contributed by atoms with E-state index in [-0.39, 0.29) is 12.8 Å². The van der Waals surface area contributed by atoms with Crippen LogP contribution < -0.4 is 5.32 Å². The molecule has 0 saturated carbocycles. The maximum Gasteiger partial charge on any atom is 0.331 e. The molecule has 1 aromatic carbocycles. The highest BCUT2D eigenvalue weighted by Gasteiger charge is 2.39. The summed E-state index contributed by atoms with van der Waals surface area (Å²) in [5, 5.41) is 3.72. The standard InChI is InChI=1S/C20H26N2O5/c1-19(2,17(24)26-4)11-16(23)22-20(3,18(25)27-5)10-13-12-21-15-9-7-6-8-14(13)15/h6-9,12,21H,10-11H2,1-5H3,(H,22,23). The fourth-order valence-electron chi connectivity index (χ4n) is 3.15. The van der Waals surface area contributed by atoms with Gasteiger partial charge in [0.2, 0.25) is 5.91 Å². The van der Waals surface area contributed by atoms with Crippen molar-refractivity contribution in [2.24, 2.45) is 5.41 Å². The van der Waals surface area contributed by atoms with Crippen molar-refractivity contribution in [2.75, 3.05) is 14.2 Å². The van der Waals surface area contributed by atoms with Crippen LogP contribution in [-0.2, 0) is 30.3 Å². The Labute approximate surface area is 158 Å². The molecule has 7 nitrogen and oxygen atoms in total. The highest BCUT2D eigenvalue weighted by Crippen LogP contribution is 2.26. The first-order valence-corrected chi connectivity index (χ1v) is 8.66. The number of ether oxygens (including phenoxy) is 2. The van der Waals surface area contributed by atoms with Crippen molar-refractivity contribution >= 4 is 28.7 Å². The molecule has 1 amide bonds. The summed E-state index contributed by atoms with van der Waals surface area (Å²) in [6.07, 6.45) is 1.95. The zero-order chi connectivity index (χ0) is 20.2. The van der Waals surface area contributed by atoms with Gasteiger partial charge in [0.15, 0.2) is 0 Å². The van der Waals surface area contributed by atoms with Crippen LogP contribution in [-0.4, -0.2) is 42.6 Å². The van der Waals surface area contributed by atoms with Crippen LogP contribution in [0.1, 0.15) is 32.8 Å². The predicted molar refractivity (Wildman–Crippen MR) is 101 cm³/mol. The molecule has 0 spiro atoms. The maximum atomic E-state index is 12.6. The van der Waals surface area contributed by atoms with Crippen molar-refractivity contribution in [1.29, 1.82) is 0 Å². The van der Waals surface area contributed by atoms with E-state index in [9.17, 15) is 14.4 Å². The van der Waals surface area contributed by atoms with Crippen LogP contribution in [0.2, 0.25) is 0 Å². The number of aromatic amines is 1. The van der Waals surface area contributed by atoms with Gasteiger partial charge in [-0.25, -0.2) is 4.79 Å². The van der Waals surface area contributed by atoms with Gasteiger partial charge in [0.05, 0.1) is 19.6 Å². The SMILES string of the molecule is COC(=O)C(C)(C)CC(=O)NC(C)(Cc1c[nH]c2ccccc12)C(=O)OC. The molecule has 0 bridgehead atoms. The number of hydrogen-bond donors (Lipinski definition) is 2. The Bertz CT molecular complexity index is 855. The molecule has 2 N–H and O–H groups in total. The molecule has 0 radical (unpaired) electrons. The lowest BCUT2D eigenvalue weighted by molar-refractivity contribution is -0.154. The van der Waals surface area contributed by atoms with Gasteiger partial charge in [-0.2, -0.15) is 0 Å². The number of hydrogen-bond acceptors (Lipinski definition) is 5. The lowest BCUT2D eigenvalue weighted by atomic mass is 9.87. The maximum absolute atomic E-state index is 12.6. The summed E-state index contributed by atoms with van der Waals surface area (Å²) in [4.78, 5) is 40.0. The molecule has 7 heteroatoms. The molecule has 2 rings (SSSR count). The van der Waals surface area contributed by atoms with E-state index in [0.29, 0.717) is 0 Å². The molecule has 0 aliphatic carbocycles. The van der Waals surface area contributed by atoms with Crippen LogP contribution in [0.15, 0.2) is 30.5 Å². The number of carbonyl (C=O) groups is 3. The van der Waals surface area contributed by atoms with Gasteiger partial charge in [-0.05, 0) is 32.4 Å². The molecule has 27 heavy (non-hydrogen) atoms. The zero-order valence-corrected chi connectivity index (χ0v) is 16.3. The van der Waals surface area contributed by atoms with Gasteiger partial charge in [-0.3, -0.25) is 9.59 Å². The Kier molecular flexibility index (Phi) is 5.93. The van der Waals surface area contributed by atoms with Crippen molar-refractivity contribution in [3.8, 4) is 0 Å². The second kappa shape index (κ2) is 7.82. The average molecular weight is 374 g/mol. The van der Waals surface area contributed by atoms with Crippen LogP contribution in [0, 0.1) is 5.41 Å². The monoisotopic (exact) mass is 374 g/mol. The average Bonchev–Trinajstić information content (AvgIpc) is 3.02. The van der Waals surface area contributed by atoms with Gasteiger partial charge in [-0.15, -0.1) is 0 Å². The highest BCUT2D eigenvalue weighted by molar-refractivity contribution is 5.91. The number of amides is 1. The largest absolute Gasteiger partial charge is 0.469 e. The first kappa shape index (κ1) is 20.5. The van der Waals surface area contributed by atoms with E-state index in [4.69, 9.17) is 9.47 Å². The van der Waals surface area contributed by atoms with Crippen molar-refractivity contribution < 1.29 is 23.9 Å². The van der Waals surface area contributed by atoms with E-state index >= 15 is 0 Å². The second-order valence-corrected chi connectivity index (χ2v) is 7.46. The minimum absolute atomic E-state index is 0.111. The summed E-state index contributed by atoms with van der Waals surface area (Å²) in [6, 6.07) is 7.71. The molecule has 0 saturated heterocycles. The van der Waals surface area contributed by atoms with E-state index < -0.39 is 28.8 Å². The van der Waals surface area contributed by atoms with Crippen LogP contribution in [0.3, 0.4) is 0 Å². The molecular formula is C20H26N2O5. The summed E-state index contributed by atoms with van der Waals surface area (Å²) >= 11 is 0. The van der Waals surface area contributed by atoms with Gasteiger partial charge in [-0.1, -0.05) is 18.2 Å². The third-order valence-electron chi connectivity index (χ3n) is 4.61. The van der Waals surface area contributed by atoms with Crippen LogP contribution in [0.25, 0.3) is 10.9 Å². The number of H-pyrrole nitrogens is 1. The number of para-hydroxylation sites is 1. The summed E-state index contributed by atoms with van der Waals surface area (Å²) in [5.74, 6) is -1.48. The van der Waals surface area contributed by atoms with Gasteiger partial charge in [0.1, 0.15) is 5.54 Å². The predicted octanol–water partition coefficient (Wildman–Crippen LogP) is 2.35. The van der Waals surface area contributed by atoms with Crippen LogP contribution >= 0.6 is 0 Å². The normalized spacial score (nSPS) is 13.7. The third kappa shape index (κ3) is 4.48. The Morgan fingerprint density at radius 1 is 1.04 bits per heavy atom. The number of nitrogens with one attached hydrogen (secondary N) is 2. The Morgan fingerprint density at radius 2 is 1.67 bits per heavy atom. The molecule has 0 fully saturated rings. The number of rotatable bonds is 7. The Morgan fingerprint density at radius 3 is 2.30 bits per heavy atom. The van der Waals surface area contributed by atoms with Crippen molar-refractivity contribution in [1.82, 2.24) is 10.3 Å². The first-order valence-electron chi connectivity index (χ1n) is 8.66. The summed E-state index contributed by atoms with van der Waals surface area (Å²) in [5.41, 5.74) is -0.455. The zero-order valence-electron chi connectivity index (χ0n) is 16.3. The number of fused-ring (bicyclic) bond motifs is 1. The van der Waals surface area contributed by atoms with E-state index in [1.54, 1.807) is 20.8 Å². The summed E-state index contributed by atoms with van der Waals surface area (Å²) in [7, 11) is 2.55. The van der Waals surface area contributed by atoms with Crippen molar-refractivity contribution in [3.63, 3.8) is 0 Å². The molecule has 1 heterocycles. The molecule has 0 aliphatic heterocycles. The molecule has 1 unspecified atom stereocenters. The fourth-order valence-corrected chi connectivity index (χ4v) is 3.15. The van der Waals surface area contributed by atoms with Crippen molar-refractivity contribution in [3.05, 3.63) is 36.0 Å². The Balaban J connectivity index is 2.24. The van der Waals surface area contributed by atoms with Crippen molar-refractivity contribution in [2.45, 2.75) is 39.2 Å². The number of esters is 2. The minimum Gasteiger partial charge on any atom is -0.469 e. The molecule has 146 valence electrons. The van der Waals surface area contributed by atoms with E-state index in [1.165, 1.54) is 14.2 Å². The summed E-state index contributed by atoms with van der Waals surface area (Å²) < 4.78 is 9.65. The number of carbonyl (C=O) groups excluding carboxylic acids is 3. The molecule has 2 aromatic rings. The van der Waals surface area contributed by atoms with E-state index in [2.05, 4.69) is 10.3 Å². The van der Waals surface area contributed by atoms with Crippen LogP contribution in [0.5, 0.6) is 0 Å². The molecule has 1 aromatic heterocycles. The van der Waals surface area contributed by atoms with Gasteiger partial charge >= 0.3 is 11.9 Å². The number of benzene rings is 1. The highest BCUT2D eigenvalue weighted by atomic mass is 16.5. The van der Waals surface area contributed by atoms with E-state index in [1.807, 2.05) is 30.5 Å². The van der Waals surface area contributed by atoms with Gasteiger partial charge in [0, 0.05) is 29.9 Å². The topological polar surface area (TPSA) is 97.5 Å². The first-order chi connectivity index (χ1) is 12.6. The molecule has 0 aliphatic rings. The van der Waals surface area contributed by atoms with Crippen LogP contribution in [0.4, 0.5) is 0 Å². The molecule has 1 atom stereocenters. The quantitative estimate of drug-likeness (QED) is 0.725.